The zero-order valence-electron chi connectivity index (χ0n) is 9.82. The van der Waals surface area contributed by atoms with Gasteiger partial charge in [-0.2, -0.15) is 0 Å². The summed E-state index contributed by atoms with van der Waals surface area (Å²) in [5, 5.41) is 3.18. The molecule has 0 heterocycles. The van der Waals surface area contributed by atoms with E-state index < -0.39 is 0 Å². The molecule has 2 nitrogen and oxygen atoms in total. The average Bonchev–Trinajstić information content (AvgIpc) is 1.78. The maximum atomic E-state index is 5.48. The van der Waals surface area contributed by atoms with Crippen LogP contribution < -0.4 is 5.32 Å². The number of rotatable bonds is 3. The fraction of sp³-hybridized carbons (Fsp3) is 0.818. The Labute approximate surface area is 82.4 Å². The molecular formula is C11H23NO. The van der Waals surface area contributed by atoms with Gasteiger partial charge in [0.1, 0.15) is 0 Å². The fourth-order valence-electron chi connectivity index (χ4n) is 0.758. The lowest BCUT2D eigenvalue weighted by Gasteiger charge is -2.26. The number of ether oxygens (including phenoxy) is 1. The van der Waals surface area contributed by atoms with Gasteiger partial charge in [-0.05, 0) is 32.8 Å². The van der Waals surface area contributed by atoms with Crippen LogP contribution in [0.3, 0.4) is 0 Å². The molecule has 0 unspecified atom stereocenters. The Morgan fingerprint density at radius 2 is 1.62 bits per heavy atom. The van der Waals surface area contributed by atoms with Gasteiger partial charge in [-0.3, -0.25) is 0 Å². The van der Waals surface area contributed by atoms with Crippen molar-refractivity contribution in [3.05, 3.63) is 12.5 Å². The molecule has 0 saturated heterocycles. The fourth-order valence-corrected chi connectivity index (χ4v) is 0.758. The van der Waals surface area contributed by atoms with E-state index in [-0.39, 0.29) is 11.0 Å². The van der Waals surface area contributed by atoms with E-state index in [1.807, 2.05) is 0 Å². The summed E-state index contributed by atoms with van der Waals surface area (Å²) in [5.74, 6) is 0.655. The largest absolute Gasteiger partial charge is 0.479 e. The second kappa shape index (κ2) is 4.03. The lowest BCUT2D eigenvalue weighted by atomic mass is 9.99. The zero-order valence-corrected chi connectivity index (χ0v) is 9.82. The molecule has 0 aliphatic heterocycles. The van der Waals surface area contributed by atoms with Crippen LogP contribution in [-0.4, -0.2) is 12.1 Å². The van der Waals surface area contributed by atoms with Gasteiger partial charge in [0.2, 0.25) is 0 Å². The second-order valence-electron chi connectivity index (χ2n) is 5.65. The van der Waals surface area contributed by atoms with E-state index in [1.165, 1.54) is 0 Å². The first-order valence-electron chi connectivity index (χ1n) is 4.70. The first-order chi connectivity index (χ1) is 5.60. The molecule has 0 aromatic rings. The van der Waals surface area contributed by atoms with E-state index in [0.29, 0.717) is 12.5 Å². The highest BCUT2D eigenvalue weighted by Crippen LogP contribution is 2.14. The van der Waals surface area contributed by atoms with E-state index in [1.54, 1.807) is 0 Å². The maximum Gasteiger partial charge on any atom is 0.179 e. The SMILES string of the molecule is C=C(NC(C)(C)C)OCC(C)(C)C. The van der Waals surface area contributed by atoms with Crippen molar-refractivity contribution in [2.24, 2.45) is 5.41 Å². The molecule has 13 heavy (non-hydrogen) atoms. The van der Waals surface area contributed by atoms with Crippen LogP contribution in [0.25, 0.3) is 0 Å². The molecule has 0 atom stereocenters. The topological polar surface area (TPSA) is 21.3 Å². The molecule has 78 valence electrons. The molecule has 0 amide bonds. The third-order valence-corrected chi connectivity index (χ3v) is 1.19. The van der Waals surface area contributed by atoms with Crippen molar-refractivity contribution in [3.63, 3.8) is 0 Å². The van der Waals surface area contributed by atoms with Crippen LogP contribution in [0.1, 0.15) is 41.5 Å². The van der Waals surface area contributed by atoms with Gasteiger partial charge in [-0.15, -0.1) is 0 Å². The predicted octanol–water partition coefficient (Wildman–Crippen LogP) is 2.91. The molecule has 0 aliphatic rings. The highest BCUT2D eigenvalue weighted by molar-refractivity contribution is 4.87. The minimum absolute atomic E-state index is 0.0228. The molecular weight excluding hydrogens is 162 g/mol. The summed E-state index contributed by atoms with van der Waals surface area (Å²) in [5.41, 5.74) is 0.206. The third kappa shape index (κ3) is 9.25. The summed E-state index contributed by atoms with van der Waals surface area (Å²) < 4.78 is 5.48. The lowest BCUT2D eigenvalue weighted by molar-refractivity contribution is 0.106. The van der Waals surface area contributed by atoms with Crippen molar-refractivity contribution in [3.8, 4) is 0 Å². The van der Waals surface area contributed by atoms with Crippen LogP contribution in [-0.2, 0) is 4.74 Å². The highest BCUT2D eigenvalue weighted by Gasteiger charge is 2.14. The molecule has 1 N–H and O–H groups in total. The van der Waals surface area contributed by atoms with E-state index in [4.69, 9.17) is 4.74 Å². The van der Waals surface area contributed by atoms with Gasteiger partial charge in [-0.25, -0.2) is 0 Å². The first kappa shape index (κ1) is 12.3. The van der Waals surface area contributed by atoms with Crippen molar-refractivity contribution in [2.75, 3.05) is 6.61 Å². The maximum absolute atomic E-state index is 5.48. The van der Waals surface area contributed by atoms with Crippen molar-refractivity contribution >= 4 is 0 Å². The minimum Gasteiger partial charge on any atom is -0.479 e. The summed E-state index contributed by atoms with van der Waals surface area (Å²) in [6.07, 6.45) is 0. The Morgan fingerprint density at radius 1 is 1.15 bits per heavy atom. The Balaban J connectivity index is 3.78. The van der Waals surface area contributed by atoms with Crippen molar-refractivity contribution in [2.45, 2.75) is 47.1 Å². The molecule has 0 aliphatic carbocycles. The van der Waals surface area contributed by atoms with Crippen LogP contribution >= 0.6 is 0 Å². The van der Waals surface area contributed by atoms with E-state index >= 15 is 0 Å². The number of nitrogens with one attached hydrogen (secondary N) is 1. The second-order valence-corrected chi connectivity index (χ2v) is 5.65. The van der Waals surface area contributed by atoms with Crippen molar-refractivity contribution in [1.82, 2.24) is 5.32 Å². The van der Waals surface area contributed by atoms with Crippen LogP contribution in [0.2, 0.25) is 0 Å². The van der Waals surface area contributed by atoms with Crippen LogP contribution in [0.4, 0.5) is 0 Å². The van der Waals surface area contributed by atoms with Gasteiger partial charge in [-0.1, -0.05) is 20.8 Å². The average molecular weight is 185 g/mol. The zero-order chi connectivity index (χ0) is 10.7. The quantitative estimate of drug-likeness (QED) is 0.683. The molecule has 0 rings (SSSR count). The van der Waals surface area contributed by atoms with E-state index in [0.717, 1.165) is 0 Å². The number of hydrogen-bond acceptors (Lipinski definition) is 2. The minimum atomic E-state index is 0.0228. The van der Waals surface area contributed by atoms with Crippen molar-refractivity contribution in [1.29, 1.82) is 0 Å². The molecule has 0 bridgehead atoms. The summed E-state index contributed by atoms with van der Waals surface area (Å²) in [7, 11) is 0. The molecule has 0 fully saturated rings. The molecule has 0 aromatic carbocycles. The van der Waals surface area contributed by atoms with E-state index in [9.17, 15) is 0 Å². The number of hydrogen-bond donors (Lipinski definition) is 1. The normalized spacial score (nSPS) is 12.5. The lowest BCUT2D eigenvalue weighted by Crippen LogP contribution is -2.36. The molecule has 2 heteroatoms. The van der Waals surface area contributed by atoms with Crippen LogP contribution in [0.5, 0.6) is 0 Å². The first-order valence-corrected chi connectivity index (χ1v) is 4.70. The van der Waals surface area contributed by atoms with Gasteiger partial charge >= 0.3 is 0 Å². The predicted molar refractivity (Wildman–Crippen MR) is 57.4 cm³/mol. The standard InChI is InChI=1S/C11H23NO/c1-9(12-11(5,6)7)13-8-10(2,3)4/h12H,1,8H2,2-7H3. The van der Waals surface area contributed by atoms with Gasteiger partial charge < -0.3 is 10.1 Å². The highest BCUT2D eigenvalue weighted by atomic mass is 16.5. The molecule has 0 spiro atoms. The van der Waals surface area contributed by atoms with Gasteiger partial charge in [0.15, 0.2) is 5.88 Å². The summed E-state index contributed by atoms with van der Waals surface area (Å²) in [6, 6.07) is 0. The van der Waals surface area contributed by atoms with Crippen LogP contribution in [0, 0.1) is 5.41 Å². The van der Waals surface area contributed by atoms with Crippen molar-refractivity contribution < 1.29 is 4.74 Å². The Morgan fingerprint density at radius 3 is 1.92 bits per heavy atom. The monoisotopic (exact) mass is 185 g/mol. The Hall–Kier alpha value is -0.660. The summed E-state index contributed by atoms with van der Waals surface area (Å²) in [4.78, 5) is 0. The summed E-state index contributed by atoms with van der Waals surface area (Å²) in [6.45, 7) is 17.2. The van der Waals surface area contributed by atoms with Gasteiger partial charge in [0.25, 0.3) is 0 Å². The smallest absolute Gasteiger partial charge is 0.179 e. The van der Waals surface area contributed by atoms with Crippen LogP contribution in [0.15, 0.2) is 12.5 Å². The molecule has 0 saturated carbocycles. The Bertz CT molecular complexity index is 172. The van der Waals surface area contributed by atoms with Gasteiger partial charge in [0, 0.05) is 5.54 Å². The Kier molecular flexibility index (Phi) is 3.83. The molecule has 0 aromatic heterocycles. The summed E-state index contributed by atoms with van der Waals surface area (Å²) >= 11 is 0. The van der Waals surface area contributed by atoms with E-state index in [2.05, 4.69) is 53.4 Å². The molecule has 0 radical (unpaired) electrons. The van der Waals surface area contributed by atoms with Gasteiger partial charge in [0.05, 0.1) is 6.61 Å². The third-order valence-electron chi connectivity index (χ3n) is 1.19.